The molecule has 1 spiro atoms. The zero-order valence-corrected chi connectivity index (χ0v) is 14.2. The van der Waals surface area contributed by atoms with Gasteiger partial charge < -0.3 is 19.1 Å². The molecule has 2 aliphatic heterocycles. The van der Waals surface area contributed by atoms with Crippen LogP contribution in [0.15, 0.2) is 22.8 Å². The van der Waals surface area contributed by atoms with Crippen LogP contribution in [0.1, 0.15) is 30.8 Å². The van der Waals surface area contributed by atoms with E-state index in [1.54, 1.807) is 26.8 Å². The van der Waals surface area contributed by atoms with Gasteiger partial charge in [0.15, 0.2) is 5.76 Å². The summed E-state index contributed by atoms with van der Waals surface area (Å²) in [5, 5.41) is 0. The highest BCUT2D eigenvalue weighted by molar-refractivity contribution is 5.91. The number of carbonyl (C=O) groups is 3. The van der Waals surface area contributed by atoms with E-state index in [1.807, 2.05) is 6.92 Å². The molecule has 0 aliphatic carbocycles. The maximum atomic E-state index is 12.7. The summed E-state index contributed by atoms with van der Waals surface area (Å²) in [5.74, 6) is 0.169. The van der Waals surface area contributed by atoms with E-state index in [4.69, 9.17) is 4.42 Å². The van der Waals surface area contributed by atoms with Crippen molar-refractivity contribution in [3.63, 3.8) is 0 Å². The Labute approximate surface area is 141 Å². The molecule has 24 heavy (non-hydrogen) atoms. The molecule has 2 saturated heterocycles. The van der Waals surface area contributed by atoms with Crippen molar-refractivity contribution in [1.82, 2.24) is 14.7 Å². The van der Waals surface area contributed by atoms with Gasteiger partial charge in [-0.15, -0.1) is 0 Å². The van der Waals surface area contributed by atoms with E-state index in [0.717, 1.165) is 0 Å². The fraction of sp³-hybridized carbons (Fsp3) is 0.588. The van der Waals surface area contributed by atoms with Crippen molar-refractivity contribution < 1.29 is 18.8 Å². The maximum absolute atomic E-state index is 12.7. The van der Waals surface area contributed by atoms with Gasteiger partial charge in [-0.25, -0.2) is 0 Å². The molecule has 3 heterocycles. The Balaban J connectivity index is 1.87. The second-order valence-corrected chi connectivity index (χ2v) is 6.73. The van der Waals surface area contributed by atoms with Gasteiger partial charge in [-0.05, 0) is 19.1 Å². The number of nitrogens with zero attached hydrogens (tertiary/aromatic N) is 3. The number of hydrogen-bond acceptors (Lipinski definition) is 4. The summed E-state index contributed by atoms with van der Waals surface area (Å²) >= 11 is 0. The van der Waals surface area contributed by atoms with E-state index in [-0.39, 0.29) is 23.5 Å². The van der Waals surface area contributed by atoms with Crippen molar-refractivity contribution in [2.75, 3.05) is 39.3 Å². The SMILES string of the molecule is CCN1C[C@@]2(CC1=O)CN(C(C)=O)CCN(C(=O)c1ccco1)C2. The van der Waals surface area contributed by atoms with Crippen LogP contribution >= 0.6 is 0 Å². The fourth-order valence-electron chi connectivity index (χ4n) is 3.74. The molecule has 0 radical (unpaired) electrons. The number of amides is 3. The Morgan fingerprint density at radius 3 is 2.50 bits per heavy atom. The number of carbonyl (C=O) groups excluding carboxylic acids is 3. The van der Waals surface area contributed by atoms with Crippen molar-refractivity contribution in [3.8, 4) is 0 Å². The molecule has 1 aromatic rings. The molecule has 3 amide bonds. The molecule has 0 bridgehead atoms. The number of likely N-dealkylation sites (tertiary alicyclic amines) is 1. The van der Waals surface area contributed by atoms with Crippen LogP contribution in [0.4, 0.5) is 0 Å². The predicted octanol–water partition coefficient (Wildman–Crippen LogP) is 0.823. The first-order valence-corrected chi connectivity index (χ1v) is 8.30. The lowest BCUT2D eigenvalue weighted by molar-refractivity contribution is -0.130. The highest BCUT2D eigenvalue weighted by atomic mass is 16.3. The molecule has 1 aromatic heterocycles. The van der Waals surface area contributed by atoms with Crippen LogP contribution in [0.2, 0.25) is 0 Å². The second-order valence-electron chi connectivity index (χ2n) is 6.73. The van der Waals surface area contributed by atoms with Gasteiger partial charge in [0.2, 0.25) is 11.8 Å². The van der Waals surface area contributed by atoms with Crippen molar-refractivity contribution >= 4 is 17.7 Å². The minimum atomic E-state index is -0.405. The van der Waals surface area contributed by atoms with E-state index in [1.165, 1.54) is 13.2 Å². The molecule has 130 valence electrons. The third kappa shape index (κ3) is 3.02. The Morgan fingerprint density at radius 2 is 1.92 bits per heavy atom. The van der Waals surface area contributed by atoms with Crippen LogP contribution in [0.3, 0.4) is 0 Å². The van der Waals surface area contributed by atoms with Crippen LogP contribution < -0.4 is 0 Å². The van der Waals surface area contributed by atoms with Gasteiger partial charge in [0.25, 0.3) is 5.91 Å². The number of rotatable bonds is 2. The second kappa shape index (κ2) is 6.30. The van der Waals surface area contributed by atoms with Gasteiger partial charge in [0, 0.05) is 58.0 Å². The summed E-state index contributed by atoms with van der Waals surface area (Å²) in [7, 11) is 0. The normalized spacial score (nSPS) is 24.6. The van der Waals surface area contributed by atoms with Gasteiger partial charge in [0.05, 0.1) is 6.26 Å². The maximum Gasteiger partial charge on any atom is 0.289 e. The van der Waals surface area contributed by atoms with Crippen LogP contribution in [-0.2, 0) is 9.59 Å². The lowest BCUT2D eigenvalue weighted by atomic mass is 9.86. The predicted molar refractivity (Wildman–Crippen MR) is 86.2 cm³/mol. The molecule has 7 heteroatoms. The first-order valence-electron chi connectivity index (χ1n) is 8.30. The zero-order chi connectivity index (χ0) is 17.3. The summed E-state index contributed by atoms with van der Waals surface area (Å²) in [6.07, 6.45) is 1.84. The van der Waals surface area contributed by atoms with Gasteiger partial charge in [0.1, 0.15) is 0 Å². The summed E-state index contributed by atoms with van der Waals surface area (Å²) < 4.78 is 5.23. The molecule has 0 N–H and O–H groups in total. The Morgan fingerprint density at radius 1 is 1.21 bits per heavy atom. The molecule has 7 nitrogen and oxygen atoms in total. The van der Waals surface area contributed by atoms with Gasteiger partial charge in [-0.3, -0.25) is 14.4 Å². The quantitative estimate of drug-likeness (QED) is 0.803. The Bertz CT molecular complexity index is 642. The Kier molecular flexibility index (Phi) is 4.34. The topological polar surface area (TPSA) is 74.1 Å². The number of furan rings is 1. The molecular formula is C17H23N3O4. The van der Waals surface area contributed by atoms with Crippen LogP contribution in [0.5, 0.6) is 0 Å². The molecule has 2 aliphatic rings. The molecule has 0 unspecified atom stereocenters. The molecule has 0 aromatic carbocycles. The third-order valence-electron chi connectivity index (χ3n) is 4.94. The molecular weight excluding hydrogens is 310 g/mol. The van der Waals surface area contributed by atoms with E-state index in [9.17, 15) is 14.4 Å². The van der Waals surface area contributed by atoms with Crippen LogP contribution in [-0.4, -0.2) is 71.7 Å². The average molecular weight is 333 g/mol. The van der Waals surface area contributed by atoms with E-state index in [0.29, 0.717) is 45.7 Å². The summed E-state index contributed by atoms with van der Waals surface area (Å²) in [6.45, 7) is 6.59. The van der Waals surface area contributed by atoms with Crippen molar-refractivity contribution in [2.24, 2.45) is 5.41 Å². The van der Waals surface area contributed by atoms with E-state index >= 15 is 0 Å². The molecule has 1 atom stereocenters. The minimum Gasteiger partial charge on any atom is -0.459 e. The minimum absolute atomic E-state index is 0.0240. The molecule has 0 saturated carbocycles. The van der Waals surface area contributed by atoms with E-state index in [2.05, 4.69) is 0 Å². The van der Waals surface area contributed by atoms with Gasteiger partial charge >= 0.3 is 0 Å². The van der Waals surface area contributed by atoms with Gasteiger partial charge in [-0.2, -0.15) is 0 Å². The van der Waals surface area contributed by atoms with Crippen LogP contribution in [0.25, 0.3) is 0 Å². The molecule has 2 fully saturated rings. The summed E-state index contributed by atoms with van der Waals surface area (Å²) in [6, 6.07) is 3.32. The number of hydrogen-bond donors (Lipinski definition) is 0. The monoisotopic (exact) mass is 333 g/mol. The highest BCUT2D eigenvalue weighted by Crippen LogP contribution is 2.35. The van der Waals surface area contributed by atoms with Gasteiger partial charge in [-0.1, -0.05) is 0 Å². The highest BCUT2D eigenvalue weighted by Gasteiger charge is 2.47. The first-order chi connectivity index (χ1) is 11.4. The first kappa shape index (κ1) is 16.5. The molecule has 3 rings (SSSR count). The fourth-order valence-corrected chi connectivity index (χ4v) is 3.74. The zero-order valence-electron chi connectivity index (χ0n) is 14.2. The lowest BCUT2D eigenvalue weighted by Gasteiger charge is -2.33. The Hall–Kier alpha value is -2.31. The van der Waals surface area contributed by atoms with Crippen molar-refractivity contribution in [2.45, 2.75) is 20.3 Å². The van der Waals surface area contributed by atoms with Crippen LogP contribution in [0, 0.1) is 5.41 Å². The smallest absolute Gasteiger partial charge is 0.289 e. The van der Waals surface area contributed by atoms with E-state index < -0.39 is 5.41 Å². The van der Waals surface area contributed by atoms with Crippen molar-refractivity contribution in [1.29, 1.82) is 0 Å². The lowest BCUT2D eigenvalue weighted by Crippen LogP contribution is -2.45. The summed E-state index contributed by atoms with van der Waals surface area (Å²) in [5.41, 5.74) is -0.405. The average Bonchev–Trinajstić information content (AvgIpc) is 3.12. The standard InChI is InChI=1S/C17H23N3O4/c1-3-18-10-17(9-15(18)22)11-19(13(2)21)6-7-20(12-17)16(23)14-5-4-8-24-14/h4-5,8H,3,6-7,9-12H2,1-2H3/t17-/m0/s1. The third-order valence-corrected chi connectivity index (χ3v) is 4.94. The van der Waals surface area contributed by atoms with Crippen molar-refractivity contribution in [3.05, 3.63) is 24.2 Å². The largest absolute Gasteiger partial charge is 0.459 e. The summed E-state index contributed by atoms with van der Waals surface area (Å²) in [4.78, 5) is 42.2.